The molecule has 27 heavy (non-hydrogen) atoms. The lowest BCUT2D eigenvalue weighted by Crippen LogP contribution is -2.03. The Balaban J connectivity index is 1.61. The van der Waals surface area contributed by atoms with Gasteiger partial charge in [0, 0.05) is 23.2 Å². The highest BCUT2D eigenvalue weighted by atomic mass is 35.5. The maximum Gasteiger partial charge on any atom is 0.335 e. The highest BCUT2D eigenvalue weighted by Gasteiger charge is 2.10. The van der Waals surface area contributed by atoms with Crippen molar-refractivity contribution in [1.29, 1.82) is 0 Å². The summed E-state index contributed by atoms with van der Waals surface area (Å²) in [5.74, 6) is -0.993. The molecule has 0 aliphatic rings. The molecule has 0 aliphatic heterocycles. The van der Waals surface area contributed by atoms with Gasteiger partial charge in [-0.25, -0.2) is 4.79 Å². The molecule has 0 saturated heterocycles. The van der Waals surface area contributed by atoms with Gasteiger partial charge in [-0.3, -0.25) is 14.6 Å². The molecule has 6 nitrogen and oxygen atoms in total. The van der Waals surface area contributed by atoms with Gasteiger partial charge in [-0.1, -0.05) is 29.8 Å². The first-order valence-electron chi connectivity index (χ1n) is 8.36. The van der Waals surface area contributed by atoms with Crippen molar-refractivity contribution in [1.82, 2.24) is 19.7 Å². The number of nitrogens with zero attached hydrogens (tertiary/aromatic N) is 4. The molecule has 1 N–H and O–H groups in total. The average Bonchev–Trinajstić information content (AvgIpc) is 3.10. The van der Waals surface area contributed by atoms with Crippen LogP contribution in [0.2, 0.25) is 5.02 Å². The first-order chi connectivity index (χ1) is 13.1. The van der Waals surface area contributed by atoms with E-state index in [0.29, 0.717) is 17.9 Å². The summed E-state index contributed by atoms with van der Waals surface area (Å²) in [6.07, 6.45) is 5.74. The van der Waals surface area contributed by atoms with Crippen LogP contribution >= 0.6 is 11.6 Å². The zero-order chi connectivity index (χ0) is 18.8. The van der Waals surface area contributed by atoms with E-state index in [9.17, 15) is 4.79 Å². The van der Waals surface area contributed by atoms with Crippen molar-refractivity contribution in [2.45, 2.75) is 13.0 Å². The number of fused-ring (bicyclic) bond motifs is 1. The lowest BCUT2D eigenvalue weighted by Gasteiger charge is -2.06. The van der Waals surface area contributed by atoms with Gasteiger partial charge in [0.25, 0.3) is 0 Å². The van der Waals surface area contributed by atoms with Gasteiger partial charge >= 0.3 is 5.97 Å². The van der Waals surface area contributed by atoms with Crippen LogP contribution in [-0.4, -0.2) is 30.8 Å². The number of halogens is 1. The molecule has 1 aromatic carbocycles. The molecule has 0 fully saturated rings. The smallest absolute Gasteiger partial charge is 0.335 e. The van der Waals surface area contributed by atoms with E-state index in [1.54, 1.807) is 12.4 Å². The number of aromatic nitrogens is 4. The molecule has 4 aromatic rings. The van der Waals surface area contributed by atoms with E-state index < -0.39 is 5.97 Å². The Labute approximate surface area is 160 Å². The first-order valence-corrected chi connectivity index (χ1v) is 8.74. The third-order valence-electron chi connectivity index (χ3n) is 4.35. The minimum Gasteiger partial charge on any atom is -0.478 e. The highest BCUT2D eigenvalue weighted by Crippen LogP contribution is 2.22. The SMILES string of the molecule is O=C(O)c1ccnc(-c2cc3cnn(CCc4ccccc4Cl)c3cn2)c1. The van der Waals surface area contributed by atoms with E-state index >= 15 is 0 Å². The van der Waals surface area contributed by atoms with Crippen LogP contribution in [0.1, 0.15) is 15.9 Å². The van der Waals surface area contributed by atoms with Crippen LogP contribution in [0.4, 0.5) is 0 Å². The molecule has 0 spiro atoms. The molecule has 0 aliphatic carbocycles. The molecule has 0 bridgehead atoms. The van der Waals surface area contributed by atoms with E-state index in [0.717, 1.165) is 27.9 Å². The normalized spacial score (nSPS) is 11.0. The Morgan fingerprint density at radius 2 is 1.89 bits per heavy atom. The Bertz CT molecular complexity index is 1140. The molecule has 0 radical (unpaired) electrons. The van der Waals surface area contributed by atoms with Crippen molar-refractivity contribution in [3.8, 4) is 11.4 Å². The zero-order valence-electron chi connectivity index (χ0n) is 14.2. The molecule has 134 valence electrons. The van der Waals surface area contributed by atoms with Gasteiger partial charge in [-0.15, -0.1) is 0 Å². The summed E-state index contributed by atoms with van der Waals surface area (Å²) in [6.45, 7) is 0.682. The van der Waals surface area contributed by atoms with Gasteiger partial charge in [-0.05, 0) is 36.2 Å². The molecule has 0 saturated carbocycles. The lowest BCUT2D eigenvalue weighted by atomic mass is 10.1. The molecule has 7 heteroatoms. The summed E-state index contributed by atoms with van der Waals surface area (Å²) < 4.78 is 1.89. The molecular formula is C20H15ClN4O2. The van der Waals surface area contributed by atoms with Crippen molar-refractivity contribution in [2.24, 2.45) is 0 Å². The van der Waals surface area contributed by atoms with Gasteiger partial charge < -0.3 is 5.11 Å². The number of hydrogen-bond donors (Lipinski definition) is 1. The van der Waals surface area contributed by atoms with E-state index in [-0.39, 0.29) is 5.56 Å². The second-order valence-electron chi connectivity index (χ2n) is 6.07. The Kier molecular flexibility index (Phi) is 4.56. The summed E-state index contributed by atoms with van der Waals surface area (Å²) in [7, 11) is 0. The summed E-state index contributed by atoms with van der Waals surface area (Å²) in [5, 5.41) is 15.2. The largest absolute Gasteiger partial charge is 0.478 e. The molecule has 4 rings (SSSR count). The van der Waals surface area contributed by atoms with Gasteiger partial charge in [-0.2, -0.15) is 5.10 Å². The van der Waals surface area contributed by atoms with Gasteiger partial charge in [0.1, 0.15) is 0 Å². The number of pyridine rings is 2. The van der Waals surface area contributed by atoms with E-state index in [1.165, 1.54) is 18.3 Å². The fraction of sp³-hybridized carbons (Fsp3) is 0.100. The molecule has 0 unspecified atom stereocenters. The number of carboxylic acids is 1. The van der Waals surface area contributed by atoms with Crippen molar-refractivity contribution < 1.29 is 9.90 Å². The van der Waals surface area contributed by atoms with E-state index in [4.69, 9.17) is 16.7 Å². The average molecular weight is 379 g/mol. The van der Waals surface area contributed by atoms with Crippen LogP contribution in [0, 0.1) is 0 Å². The summed E-state index contributed by atoms with van der Waals surface area (Å²) in [4.78, 5) is 19.8. The van der Waals surface area contributed by atoms with E-state index in [1.807, 2.05) is 35.0 Å². The third kappa shape index (κ3) is 3.52. The van der Waals surface area contributed by atoms with E-state index in [2.05, 4.69) is 15.1 Å². The Morgan fingerprint density at radius 1 is 1.07 bits per heavy atom. The number of aryl methyl sites for hydroxylation is 2. The zero-order valence-corrected chi connectivity index (χ0v) is 15.0. The monoisotopic (exact) mass is 378 g/mol. The van der Waals surface area contributed by atoms with Crippen LogP contribution in [-0.2, 0) is 13.0 Å². The Morgan fingerprint density at radius 3 is 2.70 bits per heavy atom. The summed E-state index contributed by atoms with van der Waals surface area (Å²) in [5.41, 5.74) is 3.27. The predicted molar refractivity (Wildman–Crippen MR) is 103 cm³/mol. The third-order valence-corrected chi connectivity index (χ3v) is 4.72. The van der Waals surface area contributed by atoms with Gasteiger partial charge in [0.15, 0.2) is 0 Å². The van der Waals surface area contributed by atoms with Crippen molar-refractivity contribution in [3.63, 3.8) is 0 Å². The quantitative estimate of drug-likeness (QED) is 0.565. The molecule has 0 amide bonds. The number of hydrogen-bond acceptors (Lipinski definition) is 4. The minimum absolute atomic E-state index is 0.178. The second kappa shape index (κ2) is 7.17. The molecule has 3 aromatic heterocycles. The minimum atomic E-state index is -0.993. The second-order valence-corrected chi connectivity index (χ2v) is 6.48. The summed E-state index contributed by atoms with van der Waals surface area (Å²) in [6, 6.07) is 12.6. The number of rotatable bonds is 5. The fourth-order valence-corrected chi connectivity index (χ4v) is 3.16. The maximum atomic E-state index is 11.1. The van der Waals surface area contributed by atoms with Crippen molar-refractivity contribution in [3.05, 3.63) is 77.2 Å². The summed E-state index contributed by atoms with van der Waals surface area (Å²) >= 11 is 6.22. The van der Waals surface area contributed by atoms with Gasteiger partial charge in [0.2, 0.25) is 0 Å². The van der Waals surface area contributed by atoms with Gasteiger partial charge in [0.05, 0.1) is 34.9 Å². The number of carboxylic acid groups (broad SMARTS) is 1. The predicted octanol–water partition coefficient (Wildman–Crippen LogP) is 4.09. The molecule has 0 atom stereocenters. The van der Waals surface area contributed by atoms with Crippen LogP contribution in [0.3, 0.4) is 0 Å². The van der Waals surface area contributed by atoms with Crippen LogP contribution in [0.5, 0.6) is 0 Å². The highest BCUT2D eigenvalue weighted by molar-refractivity contribution is 6.31. The van der Waals surface area contributed by atoms with Crippen LogP contribution < -0.4 is 0 Å². The number of carbonyl (C=O) groups is 1. The lowest BCUT2D eigenvalue weighted by molar-refractivity contribution is 0.0697. The maximum absolute atomic E-state index is 11.1. The Hall–Kier alpha value is -3.25. The van der Waals surface area contributed by atoms with Crippen molar-refractivity contribution in [2.75, 3.05) is 0 Å². The van der Waals surface area contributed by atoms with Crippen LogP contribution in [0.25, 0.3) is 22.3 Å². The standard InChI is InChI=1S/C20H15ClN4O2/c21-16-4-2-1-3-13(16)6-8-25-19-12-23-18(10-15(19)11-24-25)17-9-14(20(26)27)5-7-22-17/h1-5,7,9-12H,6,8H2,(H,26,27). The fourth-order valence-electron chi connectivity index (χ4n) is 2.93. The first kappa shape index (κ1) is 17.2. The number of aromatic carboxylic acids is 1. The molecule has 3 heterocycles. The van der Waals surface area contributed by atoms with Crippen molar-refractivity contribution >= 4 is 28.5 Å². The topological polar surface area (TPSA) is 80.9 Å². The number of benzene rings is 1. The molecular weight excluding hydrogens is 364 g/mol. The van der Waals surface area contributed by atoms with Crippen LogP contribution in [0.15, 0.2) is 61.1 Å².